The van der Waals surface area contributed by atoms with Crippen molar-refractivity contribution in [3.63, 3.8) is 0 Å². The zero-order valence-corrected chi connectivity index (χ0v) is 8.67. The van der Waals surface area contributed by atoms with Crippen molar-refractivity contribution >= 4 is 17.3 Å². The first-order chi connectivity index (χ1) is 6.86. The minimum absolute atomic E-state index is 0.514. The number of hydrogen-bond donors (Lipinski definition) is 1. The fourth-order valence-electron chi connectivity index (χ4n) is 1.64. The Labute approximate surface area is 89.0 Å². The third-order valence-corrected chi connectivity index (χ3v) is 2.70. The Kier molecular flexibility index (Phi) is 3.04. The van der Waals surface area contributed by atoms with E-state index < -0.39 is 0 Å². The van der Waals surface area contributed by atoms with Crippen LogP contribution in [0.3, 0.4) is 0 Å². The second-order valence-corrected chi connectivity index (χ2v) is 3.89. The second-order valence-electron chi connectivity index (χ2n) is 3.48. The lowest BCUT2D eigenvalue weighted by Crippen LogP contribution is -2.20. The molecule has 1 aromatic heterocycles. The minimum Gasteiger partial charge on any atom is -0.381 e. The molecule has 0 spiro atoms. The summed E-state index contributed by atoms with van der Waals surface area (Å²) in [5.74, 6) is 0. The summed E-state index contributed by atoms with van der Waals surface area (Å²) in [6.45, 7) is 0. The molecule has 1 atom stereocenters. The lowest BCUT2D eigenvalue weighted by atomic mass is 10.0. The maximum atomic E-state index is 6.00. The van der Waals surface area contributed by atoms with Crippen LogP contribution in [0.25, 0.3) is 0 Å². The predicted molar refractivity (Wildman–Crippen MR) is 59.6 cm³/mol. The van der Waals surface area contributed by atoms with Crippen LogP contribution < -0.4 is 5.32 Å². The number of anilines is 1. The molecule has 0 amide bonds. The molecule has 0 bridgehead atoms. The van der Waals surface area contributed by atoms with Gasteiger partial charge < -0.3 is 5.32 Å². The molecular weight excluding hydrogens is 196 g/mol. The van der Waals surface area contributed by atoms with E-state index in [0.717, 1.165) is 18.5 Å². The van der Waals surface area contributed by atoms with E-state index in [1.54, 1.807) is 12.4 Å². The van der Waals surface area contributed by atoms with E-state index in [1.165, 1.54) is 6.42 Å². The fourth-order valence-corrected chi connectivity index (χ4v) is 1.81. The average molecular weight is 209 g/mol. The van der Waals surface area contributed by atoms with Gasteiger partial charge in [0.15, 0.2) is 0 Å². The predicted octanol–water partition coefficient (Wildman–Crippen LogP) is 3.26. The van der Waals surface area contributed by atoms with Crippen LogP contribution in [0.4, 0.5) is 5.69 Å². The zero-order chi connectivity index (χ0) is 9.80. The van der Waals surface area contributed by atoms with Gasteiger partial charge in [-0.2, -0.15) is 0 Å². The summed E-state index contributed by atoms with van der Waals surface area (Å²) in [7, 11) is 0. The highest BCUT2D eigenvalue weighted by Crippen LogP contribution is 2.23. The van der Waals surface area contributed by atoms with Crippen molar-refractivity contribution in [1.82, 2.24) is 4.98 Å². The van der Waals surface area contributed by atoms with Gasteiger partial charge in [-0.1, -0.05) is 23.8 Å². The Morgan fingerprint density at radius 3 is 3.07 bits per heavy atom. The molecule has 2 nitrogen and oxygen atoms in total. The van der Waals surface area contributed by atoms with E-state index in [2.05, 4.69) is 22.5 Å². The van der Waals surface area contributed by atoms with E-state index in [-0.39, 0.29) is 0 Å². The van der Waals surface area contributed by atoms with Crippen molar-refractivity contribution < 1.29 is 0 Å². The number of nitrogens with zero attached hydrogens (tertiary/aromatic N) is 1. The minimum atomic E-state index is 0.514. The first kappa shape index (κ1) is 9.53. The van der Waals surface area contributed by atoms with Crippen molar-refractivity contribution in [3.8, 4) is 0 Å². The van der Waals surface area contributed by atoms with Gasteiger partial charge in [-0.15, -0.1) is 0 Å². The number of rotatable bonds is 2. The van der Waals surface area contributed by atoms with E-state index in [4.69, 9.17) is 11.6 Å². The SMILES string of the molecule is Clc1cnccc1NC1CC=CCC1. The largest absolute Gasteiger partial charge is 0.381 e. The monoisotopic (exact) mass is 208 g/mol. The van der Waals surface area contributed by atoms with Crippen molar-refractivity contribution in [2.75, 3.05) is 5.32 Å². The molecular formula is C11H13ClN2. The van der Waals surface area contributed by atoms with Crippen LogP contribution in [0.5, 0.6) is 0 Å². The normalized spacial score (nSPS) is 20.8. The number of hydrogen-bond acceptors (Lipinski definition) is 2. The Morgan fingerprint density at radius 1 is 1.43 bits per heavy atom. The Balaban J connectivity index is 2.03. The molecule has 1 aromatic rings. The Bertz CT molecular complexity index is 336. The van der Waals surface area contributed by atoms with Gasteiger partial charge in [0, 0.05) is 18.4 Å². The van der Waals surface area contributed by atoms with Crippen molar-refractivity contribution in [2.45, 2.75) is 25.3 Å². The summed E-state index contributed by atoms with van der Waals surface area (Å²) in [5.41, 5.74) is 0.988. The van der Waals surface area contributed by atoms with Gasteiger partial charge >= 0.3 is 0 Å². The molecule has 0 saturated heterocycles. The highest BCUT2D eigenvalue weighted by Gasteiger charge is 2.10. The number of halogens is 1. The summed E-state index contributed by atoms with van der Waals surface area (Å²) in [4.78, 5) is 3.95. The molecule has 0 saturated carbocycles. The molecule has 0 aromatic carbocycles. The van der Waals surface area contributed by atoms with Gasteiger partial charge in [-0.25, -0.2) is 0 Å². The molecule has 1 aliphatic carbocycles. The molecule has 2 rings (SSSR count). The fraction of sp³-hybridized carbons (Fsp3) is 0.364. The third-order valence-electron chi connectivity index (χ3n) is 2.40. The second kappa shape index (κ2) is 4.47. The molecule has 1 N–H and O–H groups in total. The van der Waals surface area contributed by atoms with E-state index in [9.17, 15) is 0 Å². The van der Waals surface area contributed by atoms with Gasteiger partial charge in [-0.05, 0) is 25.3 Å². The Hall–Kier alpha value is -1.02. The number of nitrogens with one attached hydrogen (secondary N) is 1. The smallest absolute Gasteiger partial charge is 0.0820 e. The van der Waals surface area contributed by atoms with E-state index in [0.29, 0.717) is 11.1 Å². The maximum absolute atomic E-state index is 6.00. The standard InChI is InChI=1S/C11H13ClN2/c12-10-8-13-7-6-11(10)14-9-4-2-1-3-5-9/h1-2,6-9H,3-5H2,(H,13,14). The van der Waals surface area contributed by atoms with Crippen LogP contribution in [-0.2, 0) is 0 Å². The van der Waals surface area contributed by atoms with Crippen LogP contribution in [0, 0.1) is 0 Å². The van der Waals surface area contributed by atoms with Gasteiger partial charge in [0.2, 0.25) is 0 Å². The van der Waals surface area contributed by atoms with Gasteiger partial charge in [0.25, 0.3) is 0 Å². The van der Waals surface area contributed by atoms with Crippen LogP contribution in [-0.4, -0.2) is 11.0 Å². The first-order valence-electron chi connectivity index (χ1n) is 4.87. The molecule has 0 radical (unpaired) electrons. The molecule has 14 heavy (non-hydrogen) atoms. The lowest BCUT2D eigenvalue weighted by Gasteiger charge is -2.20. The zero-order valence-electron chi connectivity index (χ0n) is 7.91. The lowest BCUT2D eigenvalue weighted by molar-refractivity contribution is 0.644. The Morgan fingerprint density at radius 2 is 2.36 bits per heavy atom. The van der Waals surface area contributed by atoms with E-state index >= 15 is 0 Å². The maximum Gasteiger partial charge on any atom is 0.0820 e. The molecule has 0 aliphatic heterocycles. The average Bonchev–Trinajstić information content (AvgIpc) is 2.23. The van der Waals surface area contributed by atoms with Crippen molar-refractivity contribution in [2.24, 2.45) is 0 Å². The van der Waals surface area contributed by atoms with Crippen LogP contribution in [0.15, 0.2) is 30.6 Å². The highest BCUT2D eigenvalue weighted by atomic mass is 35.5. The van der Waals surface area contributed by atoms with Crippen LogP contribution >= 0.6 is 11.6 Å². The molecule has 1 aliphatic rings. The number of pyridine rings is 1. The summed E-state index contributed by atoms with van der Waals surface area (Å²) in [6, 6.07) is 2.43. The van der Waals surface area contributed by atoms with Crippen LogP contribution in [0.2, 0.25) is 5.02 Å². The molecule has 1 heterocycles. The summed E-state index contributed by atoms with van der Waals surface area (Å²) >= 11 is 6.00. The van der Waals surface area contributed by atoms with Gasteiger partial charge in [0.1, 0.15) is 0 Å². The number of aromatic nitrogens is 1. The summed E-state index contributed by atoms with van der Waals surface area (Å²) < 4.78 is 0. The summed E-state index contributed by atoms with van der Waals surface area (Å²) in [6.07, 6.45) is 11.3. The third kappa shape index (κ3) is 2.26. The molecule has 74 valence electrons. The molecule has 3 heteroatoms. The van der Waals surface area contributed by atoms with Crippen molar-refractivity contribution in [3.05, 3.63) is 35.6 Å². The first-order valence-corrected chi connectivity index (χ1v) is 5.25. The van der Waals surface area contributed by atoms with Gasteiger partial charge in [-0.3, -0.25) is 4.98 Å². The van der Waals surface area contributed by atoms with Gasteiger partial charge in [0.05, 0.1) is 10.7 Å². The topological polar surface area (TPSA) is 24.9 Å². The summed E-state index contributed by atoms with van der Waals surface area (Å²) in [5, 5.41) is 4.12. The highest BCUT2D eigenvalue weighted by molar-refractivity contribution is 6.33. The molecule has 0 fully saturated rings. The quantitative estimate of drug-likeness (QED) is 0.755. The molecule has 1 unspecified atom stereocenters. The van der Waals surface area contributed by atoms with E-state index in [1.807, 2.05) is 6.07 Å². The number of allylic oxidation sites excluding steroid dienone is 1. The van der Waals surface area contributed by atoms with Crippen molar-refractivity contribution in [1.29, 1.82) is 0 Å². The van der Waals surface area contributed by atoms with Crippen LogP contribution in [0.1, 0.15) is 19.3 Å².